The molecule has 25 heavy (non-hydrogen) atoms. The first-order valence-corrected chi connectivity index (χ1v) is 8.49. The van der Waals surface area contributed by atoms with Crippen LogP contribution in [0, 0.1) is 18.3 Å². The number of anilines is 2. The van der Waals surface area contributed by atoms with Crippen molar-refractivity contribution in [2.45, 2.75) is 33.6 Å². The second kappa shape index (κ2) is 8.78. The lowest BCUT2D eigenvalue weighted by Gasteiger charge is -2.23. The van der Waals surface area contributed by atoms with Gasteiger partial charge in [0.25, 0.3) is 5.91 Å². The largest absolute Gasteiger partial charge is 0.357 e. The number of amides is 1. The van der Waals surface area contributed by atoms with E-state index >= 15 is 0 Å². The van der Waals surface area contributed by atoms with E-state index < -0.39 is 0 Å². The number of benzene rings is 1. The van der Waals surface area contributed by atoms with Crippen LogP contribution in [-0.2, 0) is 0 Å². The molecular formula is C19H23N5O. The predicted octanol–water partition coefficient (Wildman–Crippen LogP) is 3.54. The van der Waals surface area contributed by atoms with Gasteiger partial charge in [-0.25, -0.2) is 9.97 Å². The van der Waals surface area contributed by atoms with Crippen LogP contribution in [-0.4, -0.2) is 29.0 Å². The summed E-state index contributed by atoms with van der Waals surface area (Å²) >= 11 is 0. The molecule has 1 heterocycles. The number of carbonyl (C=O) groups excluding carboxylic acids is 1. The first-order chi connectivity index (χ1) is 12.1. The van der Waals surface area contributed by atoms with Gasteiger partial charge in [-0.05, 0) is 38.0 Å². The highest BCUT2D eigenvalue weighted by Crippen LogP contribution is 2.16. The Hall–Kier alpha value is -2.94. The van der Waals surface area contributed by atoms with E-state index in [1.807, 2.05) is 0 Å². The highest BCUT2D eigenvalue weighted by atomic mass is 16.1. The van der Waals surface area contributed by atoms with Gasteiger partial charge in [0.2, 0.25) is 0 Å². The van der Waals surface area contributed by atoms with E-state index in [-0.39, 0.29) is 5.91 Å². The zero-order valence-corrected chi connectivity index (χ0v) is 14.9. The first kappa shape index (κ1) is 18.4. The quantitative estimate of drug-likeness (QED) is 0.835. The molecule has 130 valence electrons. The van der Waals surface area contributed by atoms with Crippen molar-refractivity contribution < 1.29 is 4.79 Å². The number of aromatic nitrogens is 2. The minimum atomic E-state index is -0.310. The molecular weight excluding hydrogens is 314 g/mol. The number of nitrogens with zero attached hydrogens (tertiary/aromatic N) is 4. The molecule has 0 unspecified atom stereocenters. The number of carbonyl (C=O) groups is 1. The third kappa shape index (κ3) is 5.01. The number of aryl methyl sites for hydroxylation is 1. The van der Waals surface area contributed by atoms with Crippen LogP contribution in [0.1, 0.15) is 48.6 Å². The SMILES string of the molecule is CCCN(CCC)c1cc(C(=O)Nc2cccc(C#N)c2)nc(C)n1. The Balaban J connectivity index is 2.25. The van der Waals surface area contributed by atoms with Gasteiger partial charge in [-0.2, -0.15) is 5.26 Å². The molecule has 2 aromatic rings. The van der Waals surface area contributed by atoms with Crippen molar-refractivity contribution in [1.29, 1.82) is 5.26 Å². The Labute approximate surface area is 148 Å². The molecule has 0 aliphatic rings. The van der Waals surface area contributed by atoms with Crippen LogP contribution in [0.2, 0.25) is 0 Å². The lowest BCUT2D eigenvalue weighted by atomic mass is 10.2. The topological polar surface area (TPSA) is 81.9 Å². The van der Waals surface area contributed by atoms with Crippen LogP contribution in [0.5, 0.6) is 0 Å². The summed E-state index contributed by atoms with van der Waals surface area (Å²) in [6.07, 6.45) is 2.01. The van der Waals surface area contributed by atoms with Crippen LogP contribution >= 0.6 is 0 Å². The number of hydrogen-bond donors (Lipinski definition) is 1. The summed E-state index contributed by atoms with van der Waals surface area (Å²) in [5.74, 6) is 1.02. The fourth-order valence-electron chi connectivity index (χ4n) is 2.57. The molecule has 0 atom stereocenters. The van der Waals surface area contributed by atoms with Crippen molar-refractivity contribution in [3.63, 3.8) is 0 Å². The standard InChI is InChI=1S/C19H23N5O/c1-4-9-24(10-5-2)18-12-17(21-14(3)22-18)19(25)23-16-8-6-7-15(11-16)13-20/h6-8,11-12H,4-5,9-10H2,1-3H3,(H,23,25). The summed E-state index contributed by atoms with van der Waals surface area (Å²) in [7, 11) is 0. The van der Waals surface area contributed by atoms with Gasteiger partial charge in [0, 0.05) is 24.8 Å². The van der Waals surface area contributed by atoms with Crippen LogP contribution in [0.4, 0.5) is 11.5 Å². The summed E-state index contributed by atoms with van der Waals surface area (Å²) in [6.45, 7) is 7.79. The number of rotatable bonds is 7. The van der Waals surface area contributed by atoms with E-state index in [0.717, 1.165) is 31.7 Å². The van der Waals surface area contributed by atoms with Crippen molar-refractivity contribution in [2.75, 3.05) is 23.3 Å². The van der Waals surface area contributed by atoms with Gasteiger partial charge in [0.15, 0.2) is 0 Å². The Morgan fingerprint density at radius 1 is 1.20 bits per heavy atom. The smallest absolute Gasteiger partial charge is 0.274 e. The monoisotopic (exact) mass is 337 g/mol. The molecule has 2 rings (SSSR count). The van der Waals surface area contributed by atoms with E-state index in [1.54, 1.807) is 37.3 Å². The third-order valence-corrected chi connectivity index (χ3v) is 3.62. The molecule has 6 heteroatoms. The zero-order chi connectivity index (χ0) is 18.2. The number of hydrogen-bond acceptors (Lipinski definition) is 5. The minimum Gasteiger partial charge on any atom is -0.357 e. The minimum absolute atomic E-state index is 0.310. The van der Waals surface area contributed by atoms with Crippen molar-refractivity contribution in [3.05, 3.63) is 47.4 Å². The molecule has 6 nitrogen and oxygen atoms in total. The lowest BCUT2D eigenvalue weighted by molar-refractivity contribution is 0.102. The Bertz CT molecular complexity index is 776. The maximum absolute atomic E-state index is 12.6. The maximum atomic E-state index is 12.6. The third-order valence-electron chi connectivity index (χ3n) is 3.62. The van der Waals surface area contributed by atoms with Gasteiger partial charge in [0.05, 0.1) is 11.6 Å². The van der Waals surface area contributed by atoms with E-state index in [2.05, 4.69) is 40.1 Å². The Morgan fingerprint density at radius 3 is 2.56 bits per heavy atom. The Morgan fingerprint density at radius 2 is 1.92 bits per heavy atom. The van der Waals surface area contributed by atoms with Gasteiger partial charge in [0.1, 0.15) is 17.3 Å². The van der Waals surface area contributed by atoms with E-state index in [0.29, 0.717) is 22.8 Å². The zero-order valence-electron chi connectivity index (χ0n) is 14.9. The maximum Gasteiger partial charge on any atom is 0.274 e. The first-order valence-electron chi connectivity index (χ1n) is 8.49. The normalized spacial score (nSPS) is 10.2. The highest BCUT2D eigenvalue weighted by Gasteiger charge is 2.14. The lowest BCUT2D eigenvalue weighted by Crippen LogP contribution is -2.27. The fraction of sp³-hybridized carbons (Fsp3) is 0.368. The van der Waals surface area contributed by atoms with Gasteiger partial charge in [-0.1, -0.05) is 19.9 Å². The molecule has 1 amide bonds. The predicted molar refractivity (Wildman–Crippen MR) is 98.7 cm³/mol. The molecule has 0 aliphatic carbocycles. The molecule has 0 fully saturated rings. The Kier molecular flexibility index (Phi) is 6.47. The molecule has 0 saturated heterocycles. The van der Waals surface area contributed by atoms with E-state index in [4.69, 9.17) is 5.26 Å². The molecule has 1 aromatic heterocycles. The van der Waals surface area contributed by atoms with Gasteiger partial charge in [-0.3, -0.25) is 4.79 Å². The summed E-state index contributed by atoms with van der Waals surface area (Å²) in [5.41, 5.74) is 1.39. The van der Waals surface area contributed by atoms with E-state index in [1.165, 1.54) is 0 Å². The van der Waals surface area contributed by atoms with Crippen molar-refractivity contribution in [1.82, 2.24) is 9.97 Å². The number of nitrogens with one attached hydrogen (secondary N) is 1. The molecule has 0 bridgehead atoms. The molecule has 1 aromatic carbocycles. The van der Waals surface area contributed by atoms with Crippen molar-refractivity contribution >= 4 is 17.4 Å². The van der Waals surface area contributed by atoms with Gasteiger partial charge >= 0.3 is 0 Å². The summed E-state index contributed by atoms with van der Waals surface area (Å²) in [6, 6.07) is 10.6. The summed E-state index contributed by atoms with van der Waals surface area (Å²) < 4.78 is 0. The van der Waals surface area contributed by atoms with E-state index in [9.17, 15) is 4.79 Å². The second-order valence-corrected chi connectivity index (χ2v) is 5.79. The molecule has 0 aliphatic heterocycles. The second-order valence-electron chi connectivity index (χ2n) is 5.79. The average Bonchev–Trinajstić information content (AvgIpc) is 2.61. The molecule has 0 saturated carbocycles. The average molecular weight is 337 g/mol. The van der Waals surface area contributed by atoms with Crippen LogP contribution < -0.4 is 10.2 Å². The molecule has 0 radical (unpaired) electrons. The highest BCUT2D eigenvalue weighted by molar-refractivity contribution is 6.03. The van der Waals surface area contributed by atoms with Crippen LogP contribution in [0.25, 0.3) is 0 Å². The van der Waals surface area contributed by atoms with Gasteiger partial charge in [-0.15, -0.1) is 0 Å². The van der Waals surface area contributed by atoms with Crippen LogP contribution in [0.15, 0.2) is 30.3 Å². The molecule has 1 N–H and O–H groups in total. The van der Waals surface area contributed by atoms with Gasteiger partial charge < -0.3 is 10.2 Å². The van der Waals surface area contributed by atoms with Crippen LogP contribution in [0.3, 0.4) is 0 Å². The number of nitriles is 1. The fourth-order valence-corrected chi connectivity index (χ4v) is 2.57. The van der Waals surface area contributed by atoms with Crippen molar-refractivity contribution in [3.8, 4) is 6.07 Å². The summed E-state index contributed by atoms with van der Waals surface area (Å²) in [4.78, 5) is 23.5. The van der Waals surface area contributed by atoms with Crippen molar-refractivity contribution in [2.24, 2.45) is 0 Å². The molecule has 0 spiro atoms. The summed E-state index contributed by atoms with van der Waals surface area (Å²) in [5, 5.41) is 11.8.